The first-order valence-electron chi connectivity index (χ1n) is 8.82. The van der Waals surface area contributed by atoms with Crippen LogP contribution < -0.4 is 5.73 Å². The molecule has 0 saturated carbocycles. The van der Waals surface area contributed by atoms with E-state index in [-0.39, 0.29) is 0 Å². The smallest absolute Gasteiger partial charge is 0.0431 e. The van der Waals surface area contributed by atoms with Gasteiger partial charge < -0.3 is 10.8 Å². The maximum atomic E-state index is 8.71. The molecule has 0 aliphatic heterocycles. The molecule has 0 radical (unpaired) electrons. The van der Waals surface area contributed by atoms with Gasteiger partial charge in [-0.1, -0.05) is 51.2 Å². The first-order valence-corrected chi connectivity index (χ1v) is 8.82. The minimum Gasteiger partial charge on any atom is -0.396 e. The highest BCUT2D eigenvalue weighted by Crippen LogP contribution is 2.09. The van der Waals surface area contributed by atoms with Gasteiger partial charge in [0.2, 0.25) is 0 Å². The van der Waals surface area contributed by atoms with Gasteiger partial charge in [-0.25, -0.2) is 0 Å². The van der Waals surface area contributed by atoms with Crippen LogP contribution in [0.2, 0.25) is 0 Å². The van der Waals surface area contributed by atoms with E-state index in [1.165, 1.54) is 57.8 Å². The number of hydrogen-bond donors (Lipinski definition) is 2. The summed E-state index contributed by atoms with van der Waals surface area (Å²) in [5, 5.41) is 8.71. The van der Waals surface area contributed by atoms with Crippen molar-refractivity contribution in [2.45, 2.75) is 96.4 Å². The molecule has 2 heteroatoms. The first kappa shape index (κ1) is 19.7. The van der Waals surface area contributed by atoms with Crippen LogP contribution in [0.5, 0.6) is 0 Å². The normalized spacial score (nSPS) is 13.2. The second-order valence-electron chi connectivity index (χ2n) is 5.94. The molecule has 0 aliphatic rings. The van der Waals surface area contributed by atoms with Crippen molar-refractivity contribution < 1.29 is 5.11 Å². The molecule has 1 atom stereocenters. The number of unbranched alkanes of at least 4 members (excludes halogenated alkanes) is 8. The van der Waals surface area contributed by atoms with Crippen LogP contribution in [-0.2, 0) is 0 Å². The molecule has 0 saturated heterocycles. The van der Waals surface area contributed by atoms with Gasteiger partial charge in [0.1, 0.15) is 0 Å². The second-order valence-corrected chi connectivity index (χ2v) is 5.94. The molecule has 0 rings (SSSR count). The average molecular weight is 283 g/mol. The van der Waals surface area contributed by atoms with Crippen LogP contribution in [0.4, 0.5) is 0 Å². The molecule has 2 nitrogen and oxygen atoms in total. The number of nitrogens with two attached hydrogens (primary N) is 1. The minimum absolute atomic E-state index is 0.300. The van der Waals surface area contributed by atoms with E-state index in [1.54, 1.807) is 0 Å². The Morgan fingerprint density at radius 3 is 2.10 bits per heavy atom. The van der Waals surface area contributed by atoms with Gasteiger partial charge in [-0.2, -0.15) is 0 Å². The van der Waals surface area contributed by atoms with Crippen molar-refractivity contribution in [3.8, 4) is 0 Å². The molecular formula is C18H37NO. The zero-order valence-electron chi connectivity index (χ0n) is 13.7. The second kappa shape index (κ2) is 16.7. The highest BCUT2D eigenvalue weighted by molar-refractivity contribution is 4.81. The van der Waals surface area contributed by atoms with Crippen molar-refractivity contribution in [3.05, 3.63) is 12.2 Å². The summed E-state index contributed by atoms with van der Waals surface area (Å²) in [6, 6.07) is 0.327. The maximum Gasteiger partial charge on any atom is 0.0431 e. The van der Waals surface area contributed by atoms with Crippen molar-refractivity contribution in [3.63, 3.8) is 0 Å². The van der Waals surface area contributed by atoms with Crippen LogP contribution in [0.25, 0.3) is 0 Å². The third-order valence-electron chi connectivity index (χ3n) is 3.82. The Balaban J connectivity index is 3.18. The van der Waals surface area contributed by atoms with Crippen molar-refractivity contribution in [2.24, 2.45) is 5.73 Å². The van der Waals surface area contributed by atoms with E-state index >= 15 is 0 Å². The number of rotatable bonds is 15. The summed E-state index contributed by atoms with van der Waals surface area (Å²) in [4.78, 5) is 0. The van der Waals surface area contributed by atoms with Crippen molar-refractivity contribution in [2.75, 3.05) is 6.61 Å². The van der Waals surface area contributed by atoms with Gasteiger partial charge in [-0.3, -0.25) is 0 Å². The molecule has 0 aromatic heterocycles. The van der Waals surface area contributed by atoms with Crippen molar-refractivity contribution in [1.29, 1.82) is 0 Å². The maximum absolute atomic E-state index is 8.71. The topological polar surface area (TPSA) is 46.2 Å². The summed E-state index contributed by atoms with van der Waals surface area (Å²) in [6.45, 7) is 2.56. The molecule has 0 spiro atoms. The molecule has 0 heterocycles. The summed E-state index contributed by atoms with van der Waals surface area (Å²) in [6.07, 6.45) is 20.7. The first-order chi connectivity index (χ1) is 9.81. The number of aliphatic hydroxyl groups excluding tert-OH is 1. The van der Waals surface area contributed by atoms with Gasteiger partial charge in [0.25, 0.3) is 0 Å². The lowest BCUT2D eigenvalue weighted by Gasteiger charge is -2.09. The summed E-state index contributed by atoms with van der Waals surface area (Å²) < 4.78 is 0. The van der Waals surface area contributed by atoms with E-state index < -0.39 is 0 Å². The Hall–Kier alpha value is -0.340. The van der Waals surface area contributed by atoms with Gasteiger partial charge >= 0.3 is 0 Å². The zero-order valence-corrected chi connectivity index (χ0v) is 13.7. The Morgan fingerprint density at radius 2 is 1.40 bits per heavy atom. The van der Waals surface area contributed by atoms with Crippen LogP contribution in [0.15, 0.2) is 12.2 Å². The Morgan fingerprint density at radius 1 is 0.800 bits per heavy atom. The standard InChI is InChI=1S/C18H37NO/c1-2-3-4-5-6-7-8-9-10-11-12-15-18(19)16-13-14-17-20/h9-10,18,20H,2-8,11-17,19H2,1H3/b10-9-. The molecule has 0 aromatic rings. The van der Waals surface area contributed by atoms with Crippen LogP contribution in [0, 0.1) is 0 Å². The summed E-state index contributed by atoms with van der Waals surface area (Å²) >= 11 is 0. The Bertz CT molecular complexity index is 204. The quantitative estimate of drug-likeness (QED) is 0.330. The van der Waals surface area contributed by atoms with Crippen molar-refractivity contribution in [1.82, 2.24) is 0 Å². The number of allylic oxidation sites excluding steroid dienone is 2. The largest absolute Gasteiger partial charge is 0.396 e. The molecule has 20 heavy (non-hydrogen) atoms. The molecule has 0 amide bonds. The summed E-state index contributed by atoms with van der Waals surface area (Å²) in [5.74, 6) is 0. The van der Waals surface area contributed by atoms with E-state index in [4.69, 9.17) is 10.8 Å². The van der Waals surface area contributed by atoms with E-state index in [2.05, 4.69) is 19.1 Å². The molecule has 120 valence electrons. The van der Waals surface area contributed by atoms with Crippen molar-refractivity contribution >= 4 is 0 Å². The monoisotopic (exact) mass is 283 g/mol. The summed E-state index contributed by atoms with van der Waals surface area (Å²) in [5.41, 5.74) is 6.03. The fourth-order valence-corrected chi connectivity index (χ4v) is 2.44. The highest BCUT2D eigenvalue weighted by Gasteiger charge is 2.00. The zero-order chi connectivity index (χ0) is 14.9. The molecule has 1 unspecified atom stereocenters. The summed E-state index contributed by atoms with van der Waals surface area (Å²) in [7, 11) is 0. The predicted molar refractivity (Wildman–Crippen MR) is 89.9 cm³/mol. The number of aliphatic hydroxyl groups is 1. The molecule has 0 fully saturated rings. The van der Waals surface area contributed by atoms with Crippen LogP contribution in [0.3, 0.4) is 0 Å². The third kappa shape index (κ3) is 15.7. The van der Waals surface area contributed by atoms with E-state index in [9.17, 15) is 0 Å². The highest BCUT2D eigenvalue weighted by atomic mass is 16.2. The van der Waals surface area contributed by atoms with E-state index in [1.807, 2.05) is 0 Å². The van der Waals surface area contributed by atoms with Gasteiger partial charge in [-0.05, 0) is 51.4 Å². The lowest BCUT2D eigenvalue weighted by molar-refractivity contribution is 0.280. The van der Waals surface area contributed by atoms with Gasteiger partial charge in [0.05, 0.1) is 0 Å². The molecule has 3 N–H and O–H groups in total. The fourth-order valence-electron chi connectivity index (χ4n) is 2.44. The van der Waals surface area contributed by atoms with E-state index in [0.717, 1.165) is 25.7 Å². The van der Waals surface area contributed by atoms with Crippen LogP contribution in [0.1, 0.15) is 90.4 Å². The van der Waals surface area contributed by atoms with Crippen LogP contribution in [-0.4, -0.2) is 17.8 Å². The molecular weight excluding hydrogens is 246 g/mol. The average Bonchev–Trinajstić information content (AvgIpc) is 2.45. The third-order valence-corrected chi connectivity index (χ3v) is 3.82. The predicted octanol–water partition coefficient (Wildman–Crippen LogP) is 4.95. The Labute approximate surface area is 126 Å². The Kier molecular flexibility index (Phi) is 16.4. The molecule has 0 bridgehead atoms. The van der Waals surface area contributed by atoms with Gasteiger partial charge in [-0.15, -0.1) is 0 Å². The number of hydrogen-bond acceptors (Lipinski definition) is 2. The minimum atomic E-state index is 0.300. The van der Waals surface area contributed by atoms with Gasteiger partial charge in [0, 0.05) is 12.6 Å². The van der Waals surface area contributed by atoms with Crippen LogP contribution >= 0.6 is 0 Å². The lowest BCUT2D eigenvalue weighted by Crippen LogP contribution is -2.19. The fraction of sp³-hybridized carbons (Fsp3) is 0.889. The SMILES string of the molecule is CCCCCCCC/C=C\CCCC(N)CCCCO. The van der Waals surface area contributed by atoms with E-state index in [0.29, 0.717) is 12.6 Å². The molecule has 0 aliphatic carbocycles. The van der Waals surface area contributed by atoms with Gasteiger partial charge in [0.15, 0.2) is 0 Å². The lowest BCUT2D eigenvalue weighted by atomic mass is 10.0. The molecule has 0 aromatic carbocycles.